The molecule has 0 unspecified atom stereocenters. The number of nitrogens with one attached hydrogen (secondary N) is 2. The van der Waals surface area contributed by atoms with Crippen molar-refractivity contribution in [3.63, 3.8) is 0 Å². The second-order valence-electron chi connectivity index (χ2n) is 5.11. The molecule has 0 radical (unpaired) electrons. The lowest BCUT2D eigenvalue weighted by molar-refractivity contribution is -0.289. The smallest absolute Gasteiger partial charge is 0.368 e. The highest BCUT2D eigenvalue weighted by Crippen LogP contribution is 2.44. The molecule has 0 spiro atoms. The van der Waals surface area contributed by atoms with E-state index in [-0.39, 0.29) is 0 Å². The summed E-state index contributed by atoms with van der Waals surface area (Å²) in [5, 5.41) is 3.30. The van der Waals surface area contributed by atoms with Crippen LogP contribution >= 0.6 is 0 Å². The van der Waals surface area contributed by atoms with Crippen LogP contribution in [0.1, 0.15) is 16.8 Å². The number of benzene rings is 1. The molecule has 2 aromatic rings. The number of amidine groups is 1. The summed E-state index contributed by atoms with van der Waals surface area (Å²) < 4.78 is 64.6. The number of hydrogen-bond donors (Lipinski definition) is 2. The maximum absolute atomic E-state index is 13.5. The Morgan fingerprint density at radius 3 is 2.45 bits per heavy atom. The minimum absolute atomic E-state index is 0.298. The van der Waals surface area contributed by atoms with E-state index in [2.05, 4.69) is 15.3 Å². The van der Waals surface area contributed by atoms with Gasteiger partial charge in [-0.15, -0.1) is 0 Å². The van der Waals surface area contributed by atoms with E-state index in [9.17, 15) is 22.0 Å². The second kappa shape index (κ2) is 4.69. The first-order chi connectivity index (χ1) is 10.2. The van der Waals surface area contributed by atoms with Gasteiger partial charge in [0.05, 0.1) is 6.54 Å². The average Bonchev–Trinajstić information content (AvgIpc) is 3.02. The zero-order valence-electron chi connectivity index (χ0n) is 11.5. The van der Waals surface area contributed by atoms with Crippen molar-refractivity contribution in [1.82, 2.24) is 10.3 Å². The van der Waals surface area contributed by atoms with E-state index in [1.165, 1.54) is 6.07 Å². The number of hydrogen-bond acceptors (Lipinski definition) is 2. The summed E-state index contributed by atoms with van der Waals surface area (Å²) in [5.41, 5.74) is 0.611. The van der Waals surface area contributed by atoms with Crippen LogP contribution in [-0.2, 0) is 5.92 Å². The lowest BCUT2D eigenvalue weighted by Crippen LogP contribution is -2.33. The monoisotopic (exact) mass is 317 g/mol. The van der Waals surface area contributed by atoms with Gasteiger partial charge in [-0.2, -0.15) is 22.0 Å². The van der Waals surface area contributed by atoms with Crippen LogP contribution in [0.2, 0.25) is 0 Å². The molecule has 0 amide bonds. The minimum atomic E-state index is -5.63. The molecule has 1 aromatic carbocycles. The first-order valence-electron chi connectivity index (χ1n) is 6.58. The van der Waals surface area contributed by atoms with Crippen molar-refractivity contribution in [3.8, 4) is 0 Å². The van der Waals surface area contributed by atoms with Crippen molar-refractivity contribution in [2.75, 3.05) is 13.1 Å². The molecule has 1 aliphatic rings. The Labute approximate surface area is 122 Å². The molecule has 0 bridgehead atoms. The Hall–Kier alpha value is -2.12. The number of rotatable bonds is 2. The first-order valence-corrected chi connectivity index (χ1v) is 6.58. The minimum Gasteiger partial charge on any atom is -0.368 e. The molecule has 3 rings (SSSR count). The van der Waals surface area contributed by atoms with Crippen LogP contribution in [0.3, 0.4) is 0 Å². The Kier molecular flexibility index (Phi) is 3.15. The summed E-state index contributed by atoms with van der Waals surface area (Å²) in [5.74, 6) is -4.38. The van der Waals surface area contributed by atoms with Crippen LogP contribution < -0.4 is 5.32 Å². The van der Waals surface area contributed by atoms with Crippen molar-refractivity contribution in [3.05, 3.63) is 35.0 Å². The maximum atomic E-state index is 13.5. The van der Waals surface area contributed by atoms with Crippen molar-refractivity contribution in [2.45, 2.75) is 19.0 Å². The van der Waals surface area contributed by atoms with Gasteiger partial charge in [-0.25, -0.2) is 0 Å². The van der Waals surface area contributed by atoms with Gasteiger partial charge in [0, 0.05) is 34.3 Å². The highest BCUT2D eigenvalue weighted by molar-refractivity contribution is 6.11. The van der Waals surface area contributed by atoms with Gasteiger partial charge in [-0.1, -0.05) is 6.07 Å². The van der Waals surface area contributed by atoms with Crippen LogP contribution in [0.5, 0.6) is 0 Å². The standard InChI is InChI=1S/C14H12F5N3/c1-7-11(12-20-4-5-21-12)9-6-8(2-3-10(9)22-7)13(15,16)14(17,18)19/h2-3,6,22H,4-5H2,1H3,(H,20,21). The largest absolute Gasteiger partial charge is 0.458 e. The predicted octanol–water partition coefficient (Wildman–Crippen LogP) is 3.48. The number of fused-ring (bicyclic) bond motifs is 1. The second-order valence-corrected chi connectivity index (χ2v) is 5.11. The lowest BCUT2D eigenvalue weighted by atomic mass is 10.0. The Balaban J connectivity index is 2.19. The fourth-order valence-electron chi connectivity index (χ4n) is 2.56. The van der Waals surface area contributed by atoms with Gasteiger partial charge in [0.1, 0.15) is 5.84 Å². The summed E-state index contributed by atoms with van der Waals surface area (Å²) in [6.07, 6.45) is -5.63. The number of aliphatic imine (C=N–C) groups is 1. The fourth-order valence-corrected chi connectivity index (χ4v) is 2.56. The third-order valence-electron chi connectivity index (χ3n) is 3.62. The molecule has 3 nitrogen and oxygen atoms in total. The highest BCUT2D eigenvalue weighted by atomic mass is 19.4. The molecule has 118 valence electrons. The van der Waals surface area contributed by atoms with Gasteiger partial charge in [0.2, 0.25) is 0 Å². The van der Waals surface area contributed by atoms with Gasteiger partial charge in [-0.3, -0.25) is 4.99 Å². The summed E-state index contributed by atoms with van der Waals surface area (Å²) in [7, 11) is 0. The summed E-state index contributed by atoms with van der Waals surface area (Å²) in [6, 6.07) is 2.90. The molecule has 0 saturated heterocycles. The number of aryl methyl sites for hydroxylation is 1. The molecule has 0 aliphatic carbocycles. The summed E-state index contributed by atoms with van der Waals surface area (Å²) in [6.45, 7) is 2.87. The molecule has 1 aliphatic heterocycles. The molecule has 8 heteroatoms. The third-order valence-corrected chi connectivity index (χ3v) is 3.62. The number of aromatic amines is 1. The van der Waals surface area contributed by atoms with Crippen molar-refractivity contribution in [2.24, 2.45) is 4.99 Å². The number of H-pyrrole nitrogens is 1. The zero-order valence-corrected chi connectivity index (χ0v) is 11.5. The van der Waals surface area contributed by atoms with Crippen LogP contribution in [0.15, 0.2) is 23.2 Å². The Morgan fingerprint density at radius 1 is 1.14 bits per heavy atom. The predicted molar refractivity (Wildman–Crippen MR) is 72.4 cm³/mol. The summed E-state index contributed by atoms with van der Waals surface area (Å²) >= 11 is 0. The van der Waals surface area contributed by atoms with Gasteiger partial charge in [0.15, 0.2) is 0 Å². The molecule has 0 fully saturated rings. The van der Waals surface area contributed by atoms with Crippen LogP contribution in [0.25, 0.3) is 10.9 Å². The van der Waals surface area contributed by atoms with E-state index >= 15 is 0 Å². The Morgan fingerprint density at radius 2 is 1.86 bits per heavy atom. The van der Waals surface area contributed by atoms with Gasteiger partial charge >= 0.3 is 12.1 Å². The normalized spacial score (nSPS) is 16.0. The van der Waals surface area contributed by atoms with E-state index in [4.69, 9.17) is 0 Å². The molecule has 0 saturated carbocycles. The SMILES string of the molecule is Cc1[nH]c2ccc(C(F)(F)C(F)(F)F)cc2c1C1=NCCN1. The molecule has 22 heavy (non-hydrogen) atoms. The number of alkyl halides is 5. The van der Waals surface area contributed by atoms with Crippen molar-refractivity contribution in [1.29, 1.82) is 0 Å². The third kappa shape index (κ3) is 2.13. The number of halogens is 5. The van der Waals surface area contributed by atoms with Crippen molar-refractivity contribution < 1.29 is 22.0 Å². The molecule has 2 N–H and O–H groups in total. The van der Waals surface area contributed by atoms with Crippen molar-refractivity contribution >= 4 is 16.7 Å². The zero-order chi connectivity index (χ0) is 16.1. The molecule has 1 aromatic heterocycles. The van der Waals surface area contributed by atoms with Crippen LogP contribution in [-0.4, -0.2) is 30.1 Å². The highest BCUT2D eigenvalue weighted by Gasteiger charge is 2.58. The molecular formula is C14H12F5N3. The van der Waals surface area contributed by atoms with E-state index in [1.54, 1.807) is 6.92 Å². The van der Waals surface area contributed by atoms with Gasteiger partial charge < -0.3 is 10.3 Å². The number of nitrogens with zero attached hydrogens (tertiary/aromatic N) is 1. The van der Waals surface area contributed by atoms with Crippen LogP contribution in [0, 0.1) is 6.92 Å². The summed E-state index contributed by atoms with van der Waals surface area (Å²) in [4.78, 5) is 7.18. The van der Waals surface area contributed by atoms with E-state index in [0.717, 1.165) is 12.1 Å². The maximum Gasteiger partial charge on any atom is 0.458 e. The van der Waals surface area contributed by atoms with E-state index < -0.39 is 17.7 Å². The first kappa shape index (κ1) is 14.8. The quantitative estimate of drug-likeness (QED) is 0.818. The molecule has 2 heterocycles. The molecule has 0 atom stereocenters. The average molecular weight is 317 g/mol. The van der Waals surface area contributed by atoms with Crippen LogP contribution in [0.4, 0.5) is 22.0 Å². The number of aromatic nitrogens is 1. The van der Waals surface area contributed by atoms with E-state index in [1.807, 2.05) is 0 Å². The van der Waals surface area contributed by atoms with Gasteiger partial charge in [-0.05, 0) is 19.1 Å². The van der Waals surface area contributed by atoms with E-state index in [0.29, 0.717) is 41.1 Å². The lowest BCUT2D eigenvalue weighted by Gasteiger charge is -2.20. The Bertz CT molecular complexity index is 758. The molecular weight excluding hydrogens is 305 g/mol. The fraction of sp³-hybridized carbons (Fsp3) is 0.357. The topological polar surface area (TPSA) is 40.2 Å². The van der Waals surface area contributed by atoms with Gasteiger partial charge in [0.25, 0.3) is 0 Å².